The molecule has 1 aromatic rings. The molecule has 0 unspecified atom stereocenters. The van der Waals surface area contributed by atoms with Gasteiger partial charge in [0.1, 0.15) is 12.4 Å². The molecule has 1 rings (SSSR count). The van der Waals surface area contributed by atoms with Crippen molar-refractivity contribution < 1.29 is 9.53 Å². The minimum absolute atomic E-state index is 0.209. The van der Waals surface area contributed by atoms with Gasteiger partial charge in [-0.25, -0.2) is 10.2 Å². The summed E-state index contributed by atoms with van der Waals surface area (Å²) in [7, 11) is 0. The first-order valence-corrected chi connectivity index (χ1v) is 5.56. The Bertz CT molecular complexity index is 530. The number of nitrogens with two attached hydrogens (primary N) is 1. The third-order valence-corrected chi connectivity index (χ3v) is 2.15. The van der Waals surface area contributed by atoms with Gasteiger partial charge in [-0.2, -0.15) is 5.10 Å². The standard InChI is InChI=1S/C14H15N3O2/c1-3-5-12-9-11(10-16-17-14(15)18)6-7-13(12)19-8-4-2/h2-3,6-7,9-10H,1,5,8H2,(H3,15,17,18). The molecule has 0 fully saturated rings. The molecule has 2 amide bonds. The Labute approximate surface area is 112 Å². The number of hydrogen-bond acceptors (Lipinski definition) is 3. The van der Waals surface area contributed by atoms with Gasteiger partial charge >= 0.3 is 6.03 Å². The van der Waals surface area contributed by atoms with Crippen LogP contribution < -0.4 is 15.9 Å². The van der Waals surface area contributed by atoms with Crippen LogP contribution in [0.3, 0.4) is 0 Å². The van der Waals surface area contributed by atoms with Gasteiger partial charge in [0.25, 0.3) is 0 Å². The Morgan fingerprint density at radius 1 is 1.63 bits per heavy atom. The van der Waals surface area contributed by atoms with E-state index in [4.69, 9.17) is 16.9 Å². The fourth-order valence-electron chi connectivity index (χ4n) is 1.43. The van der Waals surface area contributed by atoms with Gasteiger partial charge < -0.3 is 10.5 Å². The number of rotatable bonds is 6. The van der Waals surface area contributed by atoms with Crippen molar-refractivity contribution in [1.82, 2.24) is 5.43 Å². The van der Waals surface area contributed by atoms with Crippen LogP contribution >= 0.6 is 0 Å². The van der Waals surface area contributed by atoms with Gasteiger partial charge in [-0.1, -0.05) is 12.0 Å². The molecule has 5 heteroatoms. The number of carbonyl (C=O) groups excluding carboxylic acids is 1. The number of benzene rings is 1. The summed E-state index contributed by atoms with van der Waals surface area (Å²) in [6.45, 7) is 3.90. The zero-order valence-electron chi connectivity index (χ0n) is 10.4. The largest absolute Gasteiger partial charge is 0.481 e. The lowest BCUT2D eigenvalue weighted by Gasteiger charge is -2.09. The fraction of sp³-hybridized carbons (Fsp3) is 0.143. The second-order valence-corrected chi connectivity index (χ2v) is 3.59. The molecule has 1 aromatic carbocycles. The van der Waals surface area contributed by atoms with Crippen molar-refractivity contribution in [2.45, 2.75) is 6.42 Å². The van der Waals surface area contributed by atoms with E-state index in [0.29, 0.717) is 12.2 Å². The molecule has 0 aliphatic rings. The average Bonchev–Trinajstić information content (AvgIpc) is 2.38. The molecule has 0 radical (unpaired) electrons. The maximum Gasteiger partial charge on any atom is 0.332 e. The van der Waals surface area contributed by atoms with E-state index in [1.807, 2.05) is 6.07 Å². The quantitative estimate of drug-likeness (QED) is 0.350. The Hall–Kier alpha value is -2.74. The predicted molar refractivity (Wildman–Crippen MR) is 75.0 cm³/mol. The highest BCUT2D eigenvalue weighted by molar-refractivity contribution is 5.82. The summed E-state index contributed by atoms with van der Waals surface area (Å²) < 4.78 is 5.42. The molecule has 0 atom stereocenters. The molecule has 0 aromatic heterocycles. The Balaban J connectivity index is 2.88. The number of terminal acetylenes is 1. The molecule has 0 aliphatic heterocycles. The molecule has 5 nitrogen and oxygen atoms in total. The van der Waals surface area contributed by atoms with Crippen molar-refractivity contribution in [3.05, 3.63) is 42.0 Å². The number of primary amides is 1. The molecule has 0 saturated heterocycles. The maximum atomic E-state index is 10.5. The van der Waals surface area contributed by atoms with E-state index < -0.39 is 6.03 Å². The van der Waals surface area contributed by atoms with Gasteiger partial charge in [0.05, 0.1) is 6.21 Å². The molecule has 0 saturated carbocycles. The number of amides is 2. The van der Waals surface area contributed by atoms with Gasteiger partial charge in [-0.05, 0) is 35.7 Å². The molecular weight excluding hydrogens is 242 g/mol. The van der Waals surface area contributed by atoms with Gasteiger partial charge in [0, 0.05) is 0 Å². The molecule has 19 heavy (non-hydrogen) atoms. The zero-order chi connectivity index (χ0) is 14.1. The molecule has 98 valence electrons. The number of hydrogen-bond donors (Lipinski definition) is 2. The van der Waals surface area contributed by atoms with E-state index >= 15 is 0 Å². The van der Waals surface area contributed by atoms with Crippen molar-refractivity contribution in [2.24, 2.45) is 10.8 Å². The van der Waals surface area contributed by atoms with Crippen LogP contribution in [0.15, 0.2) is 36.0 Å². The minimum Gasteiger partial charge on any atom is -0.481 e. The second kappa shape index (κ2) is 7.56. The average molecular weight is 257 g/mol. The summed E-state index contributed by atoms with van der Waals surface area (Å²) >= 11 is 0. The van der Waals surface area contributed by atoms with Crippen LogP contribution in [0, 0.1) is 12.3 Å². The Morgan fingerprint density at radius 2 is 2.42 bits per heavy atom. The van der Waals surface area contributed by atoms with Gasteiger partial charge in [0.15, 0.2) is 0 Å². The van der Waals surface area contributed by atoms with E-state index in [9.17, 15) is 4.79 Å². The second-order valence-electron chi connectivity index (χ2n) is 3.59. The lowest BCUT2D eigenvalue weighted by atomic mass is 10.1. The zero-order valence-corrected chi connectivity index (χ0v) is 10.4. The van der Waals surface area contributed by atoms with Crippen LogP contribution in [-0.4, -0.2) is 18.9 Å². The normalized spacial score (nSPS) is 9.84. The maximum absolute atomic E-state index is 10.5. The first kappa shape index (κ1) is 14.3. The Morgan fingerprint density at radius 3 is 3.05 bits per heavy atom. The highest BCUT2D eigenvalue weighted by Crippen LogP contribution is 2.20. The summed E-state index contributed by atoms with van der Waals surface area (Å²) in [4.78, 5) is 10.5. The van der Waals surface area contributed by atoms with E-state index in [-0.39, 0.29) is 6.61 Å². The van der Waals surface area contributed by atoms with Crippen molar-refractivity contribution in [1.29, 1.82) is 0 Å². The molecule has 0 spiro atoms. The smallest absolute Gasteiger partial charge is 0.332 e. The third-order valence-electron chi connectivity index (χ3n) is 2.15. The van der Waals surface area contributed by atoms with Crippen LogP contribution in [0.2, 0.25) is 0 Å². The number of urea groups is 1. The summed E-state index contributed by atoms with van der Waals surface area (Å²) in [5.74, 6) is 3.12. The number of carbonyl (C=O) groups is 1. The molecule has 0 heterocycles. The van der Waals surface area contributed by atoms with E-state index in [1.165, 1.54) is 6.21 Å². The van der Waals surface area contributed by atoms with Crippen LogP contribution in [0.25, 0.3) is 0 Å². The van der Waals surface area contributed by atoms with Crippen LogP contribution in [0.4, 0.5) is 4.79 Å². The van der Waals surface area contributed by atoms with E-state index in [2.05, 4.69) is 23.0 Å². The monoisotopic (exact) mass is 257 g/mol. The lowest BCUT2D eigenvalue weighted by molar-refractivity contribution is 0.249. The number of nitrogens with one attached hydrogen (secondary N) is 1. The highest BCUT2D eigenvalue weighted by Gasteiger charge is 2.03. The van der Waals surface area contributed by atoms with Crippen LogP contribution in [0.5, 0.6) is 5.75 Å². The number of nitrogens with zero attached hydrogens (tertiary/aromatic N) is 1. The summed E-state index contributed by atoms with van der Waals surface area (Å²) in [5, 5.41) is 3.69. The first-order valence-electron chi connectivity index (χ1n) is 5.56. The number of hydrazone groups is 1. The number of ether oxygens (including phenoxy) is 1. The topological polar surface area (TPSA) is 76.7 Å². The Kier molecular flexibility index (Phi) is 5.70. The molecular formula is C14H15N3O2. The molecule has 0 bridgehead atoms. The lowest BCUT2D eigenvalue weighted by Crippen LogP contribution is -2.24. The van der Waals surface area contributed by atoms with Crippen molar-refractivity contribution in [3.8, 4) is 18.1 Å². The summed E-state index contributed by atoms with van der Waals surface area (Å²) in [5.41, 5.74) is 8.76. The molecule has 0 aliphatic carbocycles. The fourth-order valence-corrected chi connectivity index (χ4v) is 1.43. The molecule has 3 N–H and O–H groups in total. The van der Waals surface area contributed by atoms with Gasteiger partial charge in [-0.15, -0.1) is 13.0 Å². The van der Waals surface area contributed by atoms with Crippen LogP contribution in [-0.2, 0) is 6.42 Å². The minimum atomic E-state index is -0.712. The van der Waals surface area contributed by atoms with Gasteiger partial charge in [-0.3, -0.25) is 0 Å². The number of allylic oxidation sites excluding steroid dienone is 1. The third kappa shape index (κ3) is 4.96. The SMILES string of the molecule is C#CCOc1ccc(C=NNC(N)=O)cc1CC=C. The van der Waals surface area contributed by atoms with E-state index in [0.717, 1.165) is 11.1 Å². The van der Waals surface area contributed by atoms with E-state index in [1.54, 1.807) is 18.2 Å². The highest BCUT2D eigenvalue weighted by atomic mass is 16.5. The van der Waals surface area contributed by atoms with Crippen molar-refractivity contribution in [3.63, 3.8) is 0 Å². The van der Waals surface area contributed by atoms with Crippen molar-refractivity contribution in [2.75, 3.05) is 6.61 Å². The summed E-state index contributed by atoms with van der Waals surface area (Å²) in [6, 6.07) is 4.75. The predicted octanol–water partition coefficient (Wildman–Crippen LogP) is 1.43. The first-order chi connectivity index (χ1) is 9.17. The summed E-state index contributed by atoms with van der Waals surface area (Å²) in [6.07, 6.45) is 9.05. The van der Waals surface area contributed by atoms with Crippen molar-refractivity contribution >= 4 is 12.2 Å². The van der Waals surface area contributed by atoms with Gasteiger partial charge in [0.2, 0.25) is 0 Å². The van der Waals surface area contributed by atoms with Crippen LogP contribution in [0.1, 0.15) is 11.1 Å².